The summed E-state index contributed by atoms with van der Waals surface area (Å²) in [6.45, 7) is -0.511. The maximum Gasteiger partial charge on any atom is 0.437 e. The highest BCUT2D eigenvalue weighted by Gasteiger charge is 2.16. The normalized spacial score (nSPS) is 11.2. The fraction of sp³-hybridized carbons (Fsp3) is 0.263. The van der Waals surface area contributed by atoms with E-state index >= 15 is 0 Å². The van der Waals surface area contributed by atoms with E-state index in [0.29, 0.717) is 5.56 Å². The molecule has 12 nitrogen and oxygen atoms in total. The number of aryl methyl sites for hydroxylation is 1. The lowest BCUT2D eigenvalue weighted by molar-refractivity contribution is -0.144. The van der Waals surface area contributed by atoms with Crippen LogP contribution in [0.5, 0.6) is 0 Å². The van der Waals surface area contributed by atoms with Gasteiger partial charge in [-0.3, -0.25) is 18.7 Å². The molecule has 0 radical (unpaired) electrons. The minimum absolute atomic E-state index is 0.0610. The Balaban J connectivity index is 1.42. The highest BCUT2D eigenvalue weighted by Crippen LogP contribution is 2.15. The fourth-order valence-electron chi connectivity index (χ4n) is 3.11. The first-order valence-electron chi connectivity index (χ1n) is 9.36. The van der Waals surface area contributed by atoms with E-state index in [1.54, 1.807) is 0 Å². The lowest BCUT2D eigenvalue weighted by atomic mass is 10.2. The lowest BCUT2D eigenvalue weighted by Gasteiger charge is -2.07. The summed E-state index contributed by atoms with van der Waals surface area (Å²) in [5, 5.41) is 3.91. The Labute approximate surface area is 177 Å². The van der Waals surface area contributed by atoms with Crippen molar-refractivity contribution < 1.29 is 18.3 Å². The number of nitrogens with zero attached hydrogens (tertiary/aromatic N) is 6. The van der Waals surface area contributed by atoms with Crippen LogP contribution in [0.4, 0.5) is 4.39 Å². The molecule has 3 heterocycles. The van der Waals surface area contributed by atoms with Crippen molar-refractivity contribution >= 4 is 17.1 Å². The maximum atomic E-state index is 13.0. The number of fused-ring (bicyclic) bond motifs is 1. The zero-order valence-electron chi connectivity index (χ0n) is 17.0. The van der Waals surface area contributed by atoms with Crippen molar-refractivity contribution in [3.8, 4) is 11.5 Å². The van der Waals surface area contributed by atoms with E-state index in [0.717, 1.165) is 9.25 Å². The summed E-state index contributed by atoms with van der Waals surface area (Å²) in [5.41, 5.74) is -0.237. The number of esters is 1. The first kappa shape index (κ1) is 21.0. The van der Waals surface area contributed by atoms with Gasteiger partial charge in [0.1, 0.15) is 19.0 Å². The first-order valence-corrected chi connectivity index (χ1v) is 9.36. The molecule has 0 aliphatic carbocycles. The summed E-state index contributed by atoms with van der Waals surface area (Å²) in [4.78, 5) is 52.5. The minimum atomic E-state index is -0.869. The molecule has 0 N–H and O–H groups in total. The van der Waals surface area contributed by atoms with Gasteiger partial charge in [0, 0.05) is 19.7 Å². The van der Waals surface area contributed by atoms with Crippen LogP contribution in [0, 0.1) is 5.82 Å². The van der Waals surface area contributed by atoms with Crippen molar-refractivity contribution in [3.05, 3.63) is 67.8 Å². The van der Waals surface area contributed by atoms with E-state index in [-0.39, 0.29) is 30.2 Å². The predicted molar refractivity (Wildman–Crippen MR) is 107 cm³/mol. The average Bonchev–Trinajstić information content (AvgIpc) is 3.35. The van der Waals surface area contributed by atoms with Crippen LogP contribution in [-0.2, 0) is 36.7 Å². The number of benzene rings is 1. The van der Waals surface area contributed by atoms with Gasteiger partial charge in [-0.25, -0.2) is 19.0 Å². The summed E-state index contributed by atoms with van der Waals surface area (Å²) < 4.78 is 27.6. The van der Waals surface area contributed by atoms with E-state index in [1.807, 2.05) is 0 Å². The third-order valence-electron chi connectivity index (χ3n) is 4.79. The molecule has 0 spiro atoms. The molecule has 166 valence electrons. The molecule has 4 aromatic rings. The molecule has 0 aliphatic heterocycles. The van der Waals surface area contributed by atoms with Gasteiger partial charge in [-0.15, -0.1) is 5.10 Å². The number of halogens is 1. The van der Waals surface area contributed by atoms with Gasteiger partial charge in [0.25, 0.3) is 5.56 Å². The van der Waals surface area contributed by atoms with Crippen LogP contribution in [0.15, 0.2) is 49.4 Å². The quantitative estimate of drug-likeness (QED) is 0.368. The SMILES string of the molecule is Cn1c(=O)c2c(ncn2CCOC(=O)Cn2nc(-c3ccc(F)cc3)oc2=O)n(C)c1=O. The van der Waals surface area contributed by atoms with Crippen LogP contribution in [-0.4, -0.2) is 41.0 Å². The first-order chi connectivity index (χ1) is 15.3. The Morgan fingerprint density at radius 1 is 1.12 bits per heavy atom. The topological polar surface area (TPSA) is 136 Å². The molecule has 0 aliphatic rings. The second-order valence-corrected chi connectivity index (χ2v) is 6.87. The van der Waals surface area contributed by atoms with Crippen molar-refractivity contribution in [1.29, 1.82) is 0 Å². The number of hydrogen-bond donors (Lipinski definition) is 0. The molecule has 32 heavy (non-hydrogen) atoms. The van der Waals surface area contributed by atoms with Gasteiger partial charge < -0.3 is 13.7 Å². The summed E-state index contributed by atoms with van der Waals surface area (Å²) >= 11 is 0. The number of aromatic nitrogens is 6. The molecular formula is C19H17FN6O6. The number of rotatable bonds is 6. The number of ether oxygens (including phenoxy) is 1. The standard InChI is InChI=1S/C19H17FN6O6/c1-23-15-14(17(28)24(2)18(23)29)25(10-21-15)7-8-31-13(27)9-26-19(30)32-16(22-26)11-3-5-12(20)6-4-11/h3-6,10H,7-9H2,1-2H3. The largest absolute Gasteiger partial charge is 0.462 e. The van der Waals surface area contributed by atoms with Gasteiger partial charge in [-0.1, -0.05) is 0 Å². The third kappa shape index (κ3) is 3.75. The molecule has 0 amide bonds. The number of hydrogen-bond acceptors (Lipinski definition) is 8. The van der Waals surface area contributed by atoms with E-state index < -0.39 is 35.3 Å². The van der Waals surface area contributed by atoms with Gasteiger partial charge in [0.05, 0.1) is 12.9 Å². The zero-order valence-corrected chi connectivity index (χ0v) is 17.0. The van der Waals surface area contributed by atoms with Crippen LogP contribution in [0.25, 0.3) is 22.6 Å². The van der Waals surface area contributed by atoms with Gasteiger partial charge in [-0.05, 0) is 24.3 Å². The van der Waals surface area contributed by atoms with Gasteiger partial charge >= 0.3 is 17.4 Å². The van der Waals surface area contributed by atoms with Crippen molar-refractivity contribution in [2.45, 2.75) is 13.1 Å². The van der Waals surface area contributed by atoms with E-state index in [2.05, 4.69) is 10.1 Å². The smallest absolute Gasteiger partial charge is 0.437 e. The van der Waals surface area contributed by atoms with Gasteiger partial charge in [0.2, 0.25) is 5.89 Å². The van der Waals surface area contributed by atoms with Crippen molar-refractivity contribution in [2.24, 2.45) is 14.1 Å². The van der Waals surface area contributed by atoms with Crippen LogP contribution in [0.3, 0.4) is 0 Å². The van der Waals surface area contributed by atoms with E-state index in [9.17, 15) is 23.6 Å². The molecular weight excluding hydrogens is 427 g/mol. The monoisotopic (exact) mass is 444 g/mol. The maximum absolute atomic E-state index is 13.0. The molecule has 0 saturated heterocycles. The molecule has 1 aromatic carbocycles. The van der Waals surface area contributed by atoms with E-state index in [1.165, 1.54) is 53.8 Å². The predicted octanol–water partition coefficient (Wildman–Crippen LogP) is -0.367. The van der Waals surface area contributed by atoms with Gasteiger partial charge in [-0.2, -0.15) is 4.68 Å². The molecule has 0 bridgehead atoms. The Morgan fingerprint density at radius 2 is 1.84 bits per heavy atom. The van der Waals surface area contributed by atoms with Crippen molar-refractivity contribution in [3.63, 3.8) is 0 Å². The second-order valence-electron chi connectivity index (χ2n) is 6.87. The average molecular weight is 444 g/mol. The van der Waals surface area contributed by atoms with Crippen molar-refractivity contribution in [2.75, 3.05) is 6.61 Å². The Hall–Kier alpha value is -4.29. The van der Waals surface area contributed by atoms with Crippen LogP contribution in [0.1, 0.15) is 0 Å². The minimum Gasteiger partial charge on any atom is -0.462 e. The van der Waals surface area contributed by atoms with Crippen LogP contribution < -0.4 is 17.0 Å². The van der Waals surface area contributed by atoms with Gasteiger partial charge in [0.15, 0.2) is 11.2 Å². The highest BCUT2D eigenvalue weighted by atomic mass is 19.1. The van der Waals surface area contributed by atoms with Crippen LogP contribution in [0.2, 0.25) is 0 Å². The second kappa shape index (κ2) is 8.09. The summed E-state index contributed by atoms with van der Waals surface area (Å²) in [7, 11) is 2.86. The number of imidazole rings is 1. The molecule has 0 unspecified atom stereocenters. The molecule has 0 saturated carbocycles. The fourth-order valence-corrected chi connectivity index (χ4v) is 3.11. The molecule has 3 aromatic heterocycles. The Kier molecular flexibility index (Phi) is 5.30. The lowest BCUT2D eigenvalue weighted by Crippen LogP contribution is -2.37. The molecule has 0 fully saturated rings. The summed E-state index contributed by atoms with van der Waals surface area (Å²) in [5.74, 6) is -2.14. The summed E-state index contributed by atoms with van der Waals surface area (Å²) in [6.07, 6.45) is 1.37. The van der Waals surface area contributed by atoms with Crippen LogP contribution >= 0.6 is 0 Å². The number of carbonyl (C=O) groups is 1. The molecule has 0 atom stereocenters. The zero-order chi connectivity index (χ0) is 23.0. The van der Waals surface area contributed by atoms with E-state index in [4.69, 9.17) is 9.15 Å². The molecule has 13 heteroatoms. The Bertz CT molecular complexity index is 1490. The third-order valence-corrected chi connectivity index (χ3v) is 4.79. The molecule has 4 rings (SSSR count). The van der Waals surface area contributed by atoms with Crippen molar-refractivity contribution in [1.82, 2.24) is 28.5 Å². The summed E-state index contributed by atoms with van der Waals surface area (Å²) in [6, 6.07) is 5.15. The Morgan fingerprint density at radius 3 is 2.56 bits per heavy atom. The highest BCUT2D eigenvalue weighted by molar-refractivity contribution is 5.70. The number of carbonyl (C=O) groups excluding carboxylic acids is 1.